The summed E-state index contributed by atoms with van der Waals surface area (Å²) in [6.45, 7) is 3.21. The van der Waals surface area contributed by atoms with Gasteiger partial charge in [-0.2, -0.15) is 0 Å². The number of anilines is 1. The Kier molecular flexibility index (Phi) is 11.6. The van der Waals surface area contributed by atoms with Gasteiger partial charge in [0, 0.05) is 12.7 Å². The number of carbonyl (C=O) groups excluding carboxylic acids is 1. The molecule has 0 aliphatic carbocycles. The van der Waals surface area contributed by atoms with E-state index in [9.17, 15) is 4.79 Å². The Bertz CT molecular complexity index is 782. The van der Waals surface area contributed by atoms with Crippen molar-refractivity contribution in [2.45, 2.75) is 13.3 Å². The van der Waals surface area contributed by atoms with Crippen LogP contribution in [0.3, 0.4) is 0 Å². The average molecular weight is 512 g/mol. The van der Waals surface area contributed by atoms with E-state index in [1.54, 1.807) is 14.2 Å². The molecule has 158 valence electrons. The maximum atomic E-state index is 12.1. The highest BCUT2D eigenvalue weighted by molar-refractivity contribution is 14.0. The number of nitrogens with one attached hydrogen (secondary N) is 3. The molecular weight excluding hydrogens is 483 g/mol. The van der Waals surface area contributed by atoms with Crippen molar-refractivity contribution in [3.8, 4) is 11.5 Å². The Balaban J connectivity index is 0.00000420. The first-order valence-corrected chi connectivity index (χ1v) is 9.24. The number of halogens is 1. The third kappa shape index (κ3) is 9.03. The number of rotatable bonds is 9. The summed E-state index contributed by atoms with van der Waals surface area (Å²) in [7, 11) is 3.28. The van der Waals surface area contributed by atoms with Gasteiger partial charge in [-0.15, -0.1) is 24.0 Å². The second-order valence-corrected chi connectivity index (χ2v) is 5.98. The minimum Gasteiger partial charge on any atom is -0.497 e. The van der Waals surface area contributed by atoms with E-state index in [1.807, 2.05) is 48.5 Å². The van der Waals surface area contributed by atoms with Crippen molar-refractivity contribution in [1.29, 1.82) is 0 Å². The number of guanidine groups is 1. The van der Waals surface area contributed by atoms with Crippen LogP contribution in [-0.4, -0.2) is 45.7 Å². The number of ether oxygens (including phenoxy) is 2. The second-order valence-electron chi connectivity index (χ2n) is 5.98. The highest BCUT2D eigenvalue weighted by Crippen LogP contribution is 2.16. The lowest BCUT2D eigenvalue weighted by Gasteiger charge is -2.13. The van der Waals surface area contributed by atoms with Crippen LogP contribution >= 0.6 is 24.0 Å². The predicted octanol–water partition coefficient (Wildman–Crippen LogP) is 3.06. The molecule has 0 saturated heterocycles. The molecule has 2 aromatic carbocycles. The van der Waals surface area contributed by atoms with E-state index in [1.165, 1.54) is 5.56 Å². The number of amides is 1. The Morgan fingerprint density at radius 1 is 1.07 bits per heavy atom. The summed E-state index contributed by atoms with van der Waals surface area (Å²) in [6, 6.07) is 15.2. The molecule has 0 atom stereocenters. The molecule has 0 fully saturated rings. The van der Waals surface area contributed by atoms with Crippen molar-refractivity contribution in [2.75, 3.05) is 39.2 Å². The predicted molar refractivity (Wildman–Crippen MR) is 128 cm³/mol. The number of methoxy groups -OCH3 is 1. The van der Waals surface area contributed by atoms with Crippen LogP contribution in [0.5, 0.6) is 11.5 Å². The van der Waals surface area contributed by atoms with Crippen LogP contribution in [0, 0.1) is 0 Å². The fourth-order valence-corrected chi connectivity index (χ4v) is 2.47. The maximum Gasteiger partial charge on any atom is 0.243 e. The van der Waals surface area contributed by atoms with Crippen molar-refractivity contribution in [3.63, 3.8) is 0 Å². The van der Waals surface area contributed by atoms with Gasteiger partial charge in [0.25, 0.3) is 0 Å². The summed E-state index contributed by atoms with van der Waals surface area (Å²) in [6.07, 6.45) is 0.928. The molecule has 29 heavy (non-hydrogen) atoms. The van der Waals surface area contributed by atoms with Crippen LogP contribution < -0.4 is 25.4 Å². The van der Waals surface area contributed by atoms with Gasteiger partial charge in [-0.05, 0) is 48.4 Å². The zero-order chi connectivity index (χ0) is 20.2. The van der Waals surface area contributed by atoms with Crippen molar-refractivity contribution in [1.82, 2.24) is 10.6 Å². The first-order valence-electron chi connectivity index (χ1n) is 9.24. The molecule has 8 heteroatoms. The lowest BCUT2D eigenvalue weighted by atomic mass is 10.1. The molecule has 0 radical (unpaired) electrons. The summed E-state index contributed by atoms with van der Waals surface area (Å²) in [5, 5.41) is 8.97. The largest absolute Gasteiger partial charge is 0.497 e. The number of benzene rings is 2. The van der Waals surface area contributed by atoms with Gasteiger partial charge in [0.1, 0.15) is 18.1 Å². The minimum atomic E-state index is -0.134. The topological polar surface area (TPSA) is 84.0 Å². The number of aliphatic imine (C=N–C) groups is 1. The molecule has 0 aromatic heterocycles. The van der Waals surface area contributed by atoms with Crippen molar-refractivity contribution in [2.24, 2.45) is 4.99 Å². The lowest BCUT2D eigenvalue weighted by molar-refractivity contribution is -0.115. The molecule has 0 aliphatic rings. The van der Waals surface area contributed by atoms with Crippen molar-refractivity contribution < 1.29 is 14.3 Å². The van der Waals surface area contributed by atoms with Gasteiger partial charge in [-0.25, -0.2) is 0 Å². The maximum absolute atomic E-state index is 12.1. The lowest BCUT2D eigenvalue weighted by Crippen LogP contribution is -2.42. The van der Waals surface area contributed by atoms with Gasteiger partial charge in [0.2, 0.25) is 5.91 Å². The average Bonchev–Trinajstić information content (AvgIpc) is 2.73. The molecule has 0 aliphatic heterocycles. The molecule has 3 N–H and O–H groups in total. The first kappa shape index (κ1) is 24.5. The monoisotopic (exact) mass is 512 g/mol. The molecular formula is C21H29IN4O3. The molecule has 0 saturated carbocycles. The van der Waals surface area contributed by atoms with Crippen LogP contribution in [0.2, 0.25) is 0 Å². The molecule has 2 aromatic rings. The Morgan fingerprint density at radius 3 is 2.45 bits per heavy atom. The number of nitrogens with zero attached hydrogens (tertiary/aromatic N) is 1. The van der Waals surface area contributed by atoms with Gasteiger partial charge in [-0.3, -0.25) is 9.79 Å². The van der Waals surface area contributed by atoms with Gasteiger partial charge >= 0.3 is 0 Å². The van der Waals surface area contributed by atoms with Gasteiger partial charge in [0.05, 0.1) is 20.2 Å². The zero-order valence-corrected chi connectivity index (χ0v) is 19.4. The Labute approximate surface area is 189 Å². The third-order valence-corrected chi connectivity index (χ3v) is 3.98. The van der Waals surface area contributed by atoms with Crippen molar-refractivity contribution in [3.05, 3.63) is 54.1 Å². The Hall–Kier alpha value is -2.49. The van der Waals surface area contributed by atoms with E-state index >= 15 is 0 Å². The van der Waals surface area contributed by atoms with Crippen molar-refractivity contribution >= 4 is 41.5 Å². The fourth-order valence-electron chi connectivity index (χ4n) is 2.47. The summed E-state index contributed by atoms with van der Waals surface area (Å²) >= 11 is 0. The molecule has 0 spiro atoms. The van der Waals surface area contributed by atoms with E-state index in [0.29, 0.717) is 19.1 Å². The third-order valence-electron chi connectivity index (χ3n) is 3.98. The summed E-state index contributed by atoms with van der Waals surface area (Å²) in [4.78, 5) is 16.2. The van der Waals surface area contributed by atoms with Gasteiger partial charge < -0.3 is 25.4 Å². The summed E-state index contributed by atoms with van der Waals surface area (Å²) < 4.78 is 10.8. The van der Waals surface area contributed by atoms with E-state index in [4.69, 9.17) is 9.47 Å². The Morgan fingerprint density at radius 2 is 1.79 bits per heavy atom. The number of hydrogen-bond acceptors (Lipinski definition) is 4. The van der Waals surface area contributed by atoms with Gasteiger partial charge in [0.15, 0.2) is 5.96 Å². The smallest absolute Gasteiger partial charge is 0.243 e. The molecule has 1 amide bonds. The molecule has 0 unspecified atom stereocenters. The van der Waals surface area contributed by atoms with E-state index in [2.05, 4.69) is 27.9 Å². The number of aryl methyl sites for hydroxylation is 1. The molecule has 0 heterocycles. The van der Waals surface area contributed by atoms with Crippen LogP contribution in [0.4, 0.5) is 5.69 Å². The SMILES string of the molecule is CCc1cccc(NC(=O)CNC(=NC)NCCOc2ccc(OC)cc2)c1.I. The first-order chi connectivity index (χ1) is 13.6. The minimum absolute atomic E-state index is 0. The van der Waals surface area contributed by atoms with E-state index < -0.39 is 0 Å². The number of carbonyl (C=O) groups is 1. The summed E-state index contributed by atoms with van der Waals surface area (Å²) in [5.41, 5.74) is 1.97. The van der Waals surface area contributed by atoms with Crippen LogP contribution in [0.15, 0.2) is 53.5 Å². The van der Waals surface area contributed by atoms with Crippen LogP contribution in [0.1, 0.15) is 12.5 Å². The fraction of sp³-hybridized carbons (Fsp3) is 0.333. The molecule has 7 nitrogen and oxygen atoms in total. The standard InChI is InChI=1S/C21H28N4O3.HI/c1-4-16-6-5-7-17(14-16)25-20(26)15-24-21(22-2)23-12-13-28-19-10-8-18(27-3)9-11-19;/h5-11,14H,4,12-13,15H2,1-3H3,(H,25,26)(H2,22,23,24);1H. The quantitative estimate of drug-likeness (QED) is 0.208. The van der Waals surface area contributed by atoms with Crippen LogP contribution in [0.25, 0.3) is 0 Å². The van der Waals surface area contributed by atoms with Gasteiger partial charge in [-0.1, -0.05) is 19.1 Å². The summed E-state index contributed by atoms with van der Waals surface area (Å²) in [5.74, 6) is 1.95. The molecule has 0 bridgehead atoms. The highest BCUT2D eigenvalue weighted by atomic mass is 127. The van der Waals surface area contributed by atoms with E-state index in [0.717, 1.165) is 23.6 Å². The second kappa shape index (κ2) is 13.6. The normalized spacial score (nSPS) is 10.5. The molecule has 2 rings (SSSR count). The number of hydrogen-bond donors (Lipinski definition) is 3. The zero-order valence-electron chi connectivity index (χ0n) is 17.0. The van der Waals surface area contributed by atoms with Crippen LogP contribution in [-0.2, 0) is 11.2 Å². The highest BCUT2D eigenvalue weighted by Gasteiger charge is 2.05. The van der Waals surface area contributed by atoms with E-state index in [-0.39, 0.29) is 36.4 Å².